The topological polar surface area (TPSA) is 87.7 Å². The fourth-order valence-electron chi connectivity index (χ4n) is 2.57. The lowest BCUT2D eigenvalue weighted by atomic mass is 9.61. The van der Waals surface area contributed by atoms with Crippen LogP contribution in [0.3, 0.4) is 0 Å². The molecule has 0 unspecified atom stereocenters. The molecule has 1 aliphatic rings. The molecule has 0 aliphatic heterocycles. The summed E-state index contributed by atoms with van der Waals surface area (Å²) >= 11 is 1.94. The fraction of sp³-hybridized carbons (Fsp3) is 0.385. The largest absolute Gasteiger partial charge is 0.409 e. The lowest BCUT2D eigenvalue weighted by Crippen LogP contribution is -2.54. The molecule has 108 valence electrons. The number of nitrogens with one attached hydrogen (secondary N) is 1. The minimum absolute atomic E-state index is 0.0785. The Morgan fingerprint density at radius 1 is 1.60 bits per heavy atom. The number of halogens is 2. The molecular weight excluding hydrogens is 376 g/mol. The van der Waals surface area contributed by atoms with Gasteiger partial charge >= 0.3 is 0 Å². The standard InChI is InChI=1S/C13H15FIN3O2/c1-7-5-13(6-7,11(16)18-20)12(19)17-10-3-2-8(14)4-9(10)15/h2-4,7,20H,5-6H2,1H3,(H2,16,18)(H,17,19). The third-order valence-electron chi connectivity index (χ3n) is 3.61. The van der Waals surface area contributed by atoms with E-state index in [1.807, 2.05) is 29.5 Å². The minimum Gasteiger partial charge on any atom is -0.409 e. The third-order valence-corrected chi connectivity index (χ3v) is 4.50. The molecule has 0 aromatic heterocycles. The summed E-state index contributed by atoms with van der Waals surface area (Å²) in [7, 11) is 0. The highest BCUT2D eigenvalue weighted by Gasteiger charge is 2.52. The van der Waals surface area contributed by atoms with Crippen LogP contribution < -0.4 is 11.1 Å². The molecule has 2 rings (SSSR count). The first-order valence-electron chi connectivity index (χ1n) is 6.13. The van der Waals surface area contributed by atoms with Crippen LogP contribution in [0.25, 0.3) is 0 Å². The second-order valence-electron chi connectivity index (χ2n) is 5.16. The number of carbonyl (C=O) groups excluding carboxylic acids is 1. The van der Waals surface area contributed by atoms with Gasteiger partial charge in [-0.3, -0.25) is 4.79 Å². The number of amides is 1. The van der Waals surface area contributed by atoms with Gasteiger partial charge in [-0.15, -0.1) is 0 Å². The Bertz CT molecular complexity index is 571. The second-order valence-corrected chi connectivity index (χ2v) is 6.32. The number of rotatable bonds is 3. The summed E-state index contributed by atoms with van der Waals surface area (Å²) in [5.74, 6) is -0.426. The van der Waals surface area contributed by atoms with Crippen molar-refractivity contribution in [1.82, 2.24) is 0 Å². The van der Waals surface area contributed by atoms with Gasteiger partial charge in [-0.2, -0.15) is 0 Å². The molecule has 1 saturated carbocycles. The summed E-state index contributed by atoms with van der Waals surface area (Å²) in [5.41, 5.74) is 5.22. The SMILES string of the molecule is CC1CC(C(=O)Nc2ccc(F)cc2I)(/C(N)=N/O)C1. The lowest BCUT2D eigenvalue weighted by Gasteiger charge is -2.43. The second kappa shape index (κ2) is 5.55. The van der Waals surface area contributed by atoms with Crippen molar-refractivity contribution in [2.45, 2.75) is 19.8 Å². The number of oxime groups is 1. The first-order chi connectivity index (χ1) is 9.39. The van der Waals surface area contributed by atoms with Crippen molar-refractivity contribution >= 4 is 40.0 Å². The van der Waals surface area contributed by atoms with Crippen LogP contribution in [0.15, 0.2) is 23.4 Å². The lowest BCUT2D eigenvalue weighted by molar-refractivity contribution is -0.127. The number of hydrogen-bond acceptors (Lipinski definition) is 3. The van der Waals surface area contributed by atoms with Crippen molar-refractivity contribution < 1.29 is 14.4 Å². The van der Waals surface area contributed by atoms with Crippen LogP contribution in [-0.2, 0) is 4.79 Å². The van der Waals surface area contributed by atoms with Crippen molar-refractivity contribution in [3.05, 3.63) is 27.6 Å². The van der Waals surface area contributed by atoms with E-state index in [-0.39, 0.29) is 17.6 Å². The first-order valence-corrected chi connectivity index (χ1v) is 7.21. The molecule has 1 aromatic rings. The molecule has 1 aliphatic carbocycles. The summed E-state index contributed by atoms with van der Waals surface area (Å²) in [6.45, 7) is 2.00. The van der Waals surface area contributed by atoms with E-state index in [1.165, 1.54) is 18.2 Å². The average Bonchev–Trinajstić information content (AvgIpc) is 2.37. The highest BCUT2D eigenvalue weighted by atomic mass is 127. The van der Waals surface area contributed by atoms with E-state index in [4.69, 9.17) is 10.9 Å². The first kappa shape index (κ1) is 15.0. The number of hydrogen-bond donors (Lipinski definition) is 3. The molecule has 0 saturated heterocycles. The molecule has 1 aromatic carbocycles. The number of benzene rings is 1. The Labute approximate surface area is 129 Å². The molecule has 0 radical (unpaired) electrons. The van der Waals surface area contributed by atoms with Gasteiger partial charge in [0, 0.05) is 3.57 Å². The number of amidine groups is 1. The number of nitrogens with two attached hydrogens (primary N) is 1. The van der Waals surface area contributed by atoms with E-state index in [0.717, 1.165) is 0 Å². The molecule has 1 amide bonds. The average molecular weight is 391 g/mol. The molecule has 20 heavy (non-hydrogen) atoms. The van der Waals surface area contributed by atoms with E-state index in [0.29, 0.717) is 28.0 Å². The molecule has 0 bridgehead atoms. The predicted octanol–water partition coefficient (Wildman–Crippen LogP) is 2.53. The van der Waals surface area contributed by atoms with Crippen LogP contribution in [0, 0.1) is 20.7 Å². The molecule has 5 nitrogen and oxygen atoms in total. The highest BCUT2D eigenvalue weighted by Crippen LogP contribution is 2.46. The van der Waals surface area contributed by atoms with Crippen molar-refractivity contribution in [3.63, 3.8) is 0 Å². The maximum atomic E-state index is 13.0. The highest BCUT2D eigenvalue weighted by molar-refractivity contribution is 14.1. The Morgan fingerprint density at radius 3 is 2.75 bits per heavy atom. The number of anilines is 1. The van der Waals surface area contributed by atoms with Crippen molar-refractivity contribution in [2.75, 3.05) is 5.32 Å². The predicted molar refractivity (Wildman–Crippen MR) is 82.0 cm³/mol. The van der Waals surface area contributed by atoms with E-state index in [2.05, 4.69) is 10.5 Å². The quantitative estimate of drug-likeness (QED) is 0.243. The molecule has 0 spiro atoms. The van der Waals surface area contributed by atoms with E-state index >= 15 is 0 Å². The molecule has 7 heteroatoms. The Balaban J connectivity index is 2.22. The van der Waals surface area contributed by atoms with Gasteiger partial charge in [-0.05, 0) is 59.5 Å². The normalized spacial score (nSPS) is 25.9. The van der Waals surface area contributed by atoms with Gasteiger partial charge in [0.2, 0.25) is 5.91 Å². The van der Waals surface area contributed by atoms with Crippen LogP contribution in [0.1, 0.15) is 19.8 Å². The monoisotopic (exact) mass is 391 g/mol. The van der Waals surface area contributed by atoms with Gasteiger partial charge in [0.05, 0.1) is 5.69 Å². The number of carbonyl (C=O) groups is 1. The van der Waals surface area contributed by atoms with Gasteiger partial charge in [0.15, 0.2) is 5.84 Å². The molecule has 1 fully saturated rings. The maximum absolute atomic E-state index is 13.0. The van der Waals surface area contributed by atoms with E-state index < -0.39 is 5.41 Å². The van der Waals surface area contributed by atoms with Crippen LogP contribution in [0.4, 0.5) is 10.1 Å². The van der Waals surface area contributed by atoms with Crippen LogP contribution in [0.5, 0.6) is 0 Å². The summed E-state index contributed by atoms with van der Waals surface area (Å²) in [6.07, 6.45) is 1.07. The third kappa shape index (κ3) is 2.58. The van der Waals surface area contributed by atoms with Crippen molar-refractivity contribution in [2.24, 2.45) is 22.2 Å². The molecular formula is C13H15FIN3O2. The summed E-state index contributed by atoms with van der Waals surface area (Å²) in [5, 5.41) is 14.6. The van der Waals surface area contributed by atoms with Gasteiger partial charge < -0.3 is 16.3 Å². The van der Waals surface area contributed by atoms with E-state index in [9.17, 15) is 9.18 Å². The molecule has 0 atom stereocenters. The van der Waals surface area contributed by atoms with Gasteiger partial charge in [0.25, 0.3) is 0 Å². The zero-order chi connectivity index (χ0) is 14.9. The van der Waals surface area contributed by atoms with Crippen LogP contribution in [-0.4, -0.2) is 17.0 Å². The number of nitrogens with zero attached hydrogens (tertiary/aromatic N) is 1. The van der Waals surface area contributed by atoms with Crippen molar-refractivity contribution in [3.8, 4) is 0 Å². The Kier molecular flexibility index (Phi) is 4.17. The van der Waals surface area contributed by atoms with Gasteiger partial charge in [-0.1, -0.05) is 12.1 Å². The zero-order valence-corrected chi connectivity index (χ0v) is 13.0. The van der Waals surface area contributed by atoms with Gasteiger partial charge in [0.1, 0.15) is 11.2 Å². The molecule has 0 heterocycles. The summed E-state index contributed by atoms with van der Waals surface area (Å²) in [6, 6.07) is 4.10. The maximum Gasteiger partial charge on any atom is 0.238 e. The van der Waals surface area contributed by atoms with Crippen LogP contribution in [0.2, 0.25) is 0 Å². The minimum atomic E-state index is -0.967. The van der Waals surface area contributed by atoms with Gasteiger partial charge in [-0.25, -0.2) is 4.39 Å². The summed E-state index contributed by atoms with van der Waals surface area (Å²) in [4.78, 5) is 12.4. The summed E-state index contributed by atoms with van der Waals surface area (Å²) < 4.78 is 13.6. The smallest absolute Gasteiger partial charge is 0.238 e. The Hall–Kier alpha value is -1.38. The van der Waals surface area contributed by atoms with E-state index in [1.54, 1.807) is 0 Å². The zero-order valence-electron chi connectivity index (χ0n) is 10.9. The fourth-order valence-corrected chi connectivity index (χ4v) is 3.18. The Morgan fingerprint density at radius 2 is 2.25 bits per heavy atom. The molecule has 4 N–H and O–H groups in total. The van der Waals surface area contributed by atoms with Crippen LogP contribution >= 0.6 is 22.6 Å². The van der Waals surface area contributed by atoms with Crippen molar-refractivity contribution in [1.29, 1.82) is 0 Å².